The molecule has 0 aliphatic rings. The fourth-order valence-electron chi connectivity index (χ4n) is 2.53. The van der Waals surface area contributed by atoms with Gasteiger partial charge in [-0.3, -0.25) is 9.52 Å². The van der Waals surface area contributed by atoms with Gasteiger partial charge in [-0.1, -0.05) is 45.0 Å². The lowest BCUT2D eigenvalue weighted by atomic mass is 9.86. The van der Waals surface area contributed by atoms with Crippen molar-refractivity contribution in [3.63, 3.8) is 0 Å². The highest BCUT2D eigenvalue weighted by molar-refractivity contribution is 7.92. The Morgan fingerprint density at radius 2 is 1.48 bits per heavy atom. The molecule has 27 heavy (non-hydrogen) atoms. The van der Waals surface area contributed by atoms with Crippen LogP contribution in [0, 0.1) is 0 Å². The van der Waals surface area contributed by atoms with Gasteiger partial charge < -0.3 is 5.32 Å². The van der Waals surface area contributed by atoms with Crippen molar-refractivity contribution in [2.45, 2.75) is 46.0 Å². The predicted octanol–water partition coefficient (Wildman–Crippen LogP) is 4.32. The molecule has 5 nitrogen and oxygen atoms in total. The van der Waals surface area contributed by atoms with Gasteiger partial charge in [-0.25, -0.2) is 8.42 Å². The number of hydrogen-bond acceptors (Lipinski definition) is 3. The van der Waals surface area contributed by atoms with Crippen LogP contribution in [-0.4, -0.2) is 20.1 Å². The van der Waals surface area contributed by atoms with Crippen molar-refractivity contribution in [1.82, 2.24) is 0 Å². The van der Waals surface area contributed by atoms with E-state index in [0.717, 1.165) is 5.56 Å². The van der Waals surface area contributed by atoms with Crippen molar-refractivity contribution in [2.75, 3.05) is 15.8 Å². The third-order valence-corrected chi connectivity index (χ3v) is 5.59. The van der Waals surface area contributed by atoms with E-state index in [9.17, 15) is 13.2 Å². The molecule has 2 rings (SSSR count). The molecule has 0 aliphatic carbocycles. The molecule has 0 saturated carbocycles. The van der Waals surface area contributed by atoms with E-state index in [1.54, 1.807) is 31.2 Å². The first kappa shape index (κ1) is 21.0. The second-order valence-corrected chi connectivity index (χ2v) is 9.59. The zero-order valence-electron chi connectivity index (χ0n) is 16.4. The highest BCUT2D eigenvalue weighted by Crippen LogP contribution is 2.22. The van der Waals surface area contributed by atoms with E-state index in [4.69, 9.17) is 0 Å². The van der Waals surface area contributed by atoms with E-state index in [2.05, 4.69) is 55.1 Å². The average Bonchev–Trinajstić information content (AvgIpc) is 2.61. The maximum absolute atomic E-state index is 12.1. The standard InChI is InChI=1S/C21H28N2O3S/c1-5-27(25,26)23-19-13-11-18(12-14-19)22-20(24)15-8-16-6-9-17(10-7-16)21(2,3)4/h6-7,9-14,23H,5,8,15H2,1-4H3,(H,22,24). The van der Waals surface area contributed by atoms with Gasteiger partial charge in [-0.2, -0.15) is 0 Å². The smallest absolute Gasteiger partial charge is 0.232 e. The summed E-state index contributed by atoms with van der Waals surface area (Å²) in [7, 11) is -3.30. The molecule has 0 atom stereocenters. The average molecular weight is 389 g/mol. The summed E-state index contributed by atoms with van der Waals surface area (Å²) in [6.07, 6.45) is 1.06. The van der Waals surface area contributed by atoms with Gasteiger partial charge in [0.15, 0.2) is 0 Å². The third kappa shape index (κ3) is 6.71. The molecule has 6 heteroatoms. The van der Waals surface area contributed by atoms with Gasteiger partial charge in [0.1, 0.15) is 0 Å². The summed E-state index contributed by atoms with van der Waals surface area (Å²) in [6, 6.07) is 15.0. The Balaban J connectivity index is 1.87. The van der Waals surface area contributed by atoms with E-state index in [0.29, 0.717) is 24.2 Å². The largest absolute Gasteiger partial charge is 0.326 e. The quantitative estimate of drug-likeness (QED) is 0.742. The van der Waals surface area contributed by atoms with E-state index >= 15 is 0 Å². The molecule has 0 heterocycles. The molecule has 0 aliphatic heterocycles. The number of hydrogen-bond donors (Lipinski definition) is 2. The first-order valence-corrected chi connectivity index (χ1v) is 10.7. The number of rotatable bonds is 7. The SMILES string of the molecule is CCS(=O)(=O)Nc1ccc(NC(=O)CCc2ccc(C(C)(C)C)cc2)cc1. The Morgan fingerprint density at radius 1 is 0.926 bits per heavy atom. The highest BCUT2D eigenvalue weighted by Gasteiger charge is 2.13. The minimum Gasteiger partial charge on any atom is -0.326 e. The van der Waals surface area contributed by atoms with Crippen LogP contribution in [0.15, 0.2) is 48.5 Å². The van der Waals surface area contributed by atoms with Crippen LogP contribution < -0.4 is 10.0 Å². The molecule has 2 aromatic rings. The Labute approximate surface area is 162 Å². The van der Waals surface area contributed by atoms with Crippen molar-refractivity contribution in [3.8, 4) is 0 Å². The number of amides is 1. The summed E-state index contributed by atoms with van der Waals surface area (Å²) in [5, 5.41) is 2.84. The van der Waals surface area contributed by atoms with Gasteiger partial charge >= 0.3 is 0 Å². The highest BCUT2D eigenvalue weighted by atomic mass is 32.2. The Morgan fingerprint density at radius 3 is 2.00 bits per heavy atom. The van der Waals surface area contributed by atoms with E-state index < -0.39 is 10.0 Å². The maximum atomic E-state index is 12.1. The summed E-state index contributed by atoms with van der Waals surface area (Å²) in [5.41, 5.74) is 3.64. The van der Waals surface area contributed by atoms with Crippen molar-refractivity contribution < 1.29 is 13.2 Å². The second-order valence-electron chi connectivity index (χ2n) is 7.58. The van der Waals surface area contributed by atoms with Gasteiger partial charge in [0.05, 0.1) is 5.75 Å². The lowest BCUT2D eigenvalue weighted by Gasteiger charge is -2.19. The van der Waals surface area contributed by atoms with E-state index in [1.807, 2.05) is 0 Å². The third-order valence-electron chi connectivity index (χ3n) is 4.28. The van der Waals surface area contributed by atoms with E-state index in [-0.39, 0.29) is 17.1 Å². The van der Waals surface area contributed by atoms with Crippen LogP contribution in [-0.2, 0) is 26.7 Å². The monoisotopic (exact) mass is 388 g/mol. The predicted molar refractivity (Wildman–Crippen MR) is 112 cm³/mol. The molecule has 0 radical (unpaired) electrons. The van der Waals surface area contributed by atoms with Gasteiger partial charge in [-0.15, -0.1) is 0 Å². The van der Waals surface area contributed by atoms with Crippen LogP contribution in [0.25, 0.3) is 0 Å². The topological polar surface area (TPSA) is 75.3 Å². The minimum atomic E-state index is -3.30. The zero-order chi connectivity index (χ0) is 20.1. The number of aryl methyl sites for hydroxylation is 1. The Kier molecular flexibility index (Phi) is 6.65. The fourth-order valence-corrected chi connectivity index (χ4v) is 3.17. The molecule has 0 fully saturated rings. The number of carbonyl (C=O) groups is 1. The molecule has 2 N–H and O–H groups in total. The molecule has 0 unspecified atom stereocenters. The second kappa shape index (κ2) is 8.57. The van der Waals surface area contributed by atoms with Crippen LogP contribution in [0.3, 0.4) is 0 Å². The minimum absolute atomic E-state index is 0.0161. The molecule has 2 aromatic carbocycles. The van der Waals surface area contributed by atoms with Crippen molar-refractivity contribution >= 4 is 27.3 Å². The van der Waals surface area contributed by atoms with Crippen LogP contribution in [0.1, 0.15) is 45.2 Å². The van der Waals surface area contributed by atoms with Crippen LogP contribution >= 0.6 is 0 Å². The molecule has 0 bridgehead atoms. The summed E-state index contributed by atoms with van der Waals surface area (Å²) in [5.74, 6) is -0.0563. The van der Waals surface area contributed by atoms with Gasteiger partial charge in [0.25, 0.3) is 0 Å². The van der Waals surface area contributed by atoms with Crippen LogP contribution in [0.4, 0.5) is 11.4 Å². The van der Waals surface area contributed by atoms with Gasteiger partial charge in [-0.05, 0) is 54.2 Å². The lowest BCUT2D eigenvalue weighted by Crippen LogP contribution is -2.15. The Hall–Kier alpha value is -2.34. The Bertz CT molecular complexity index is 865. The van der Waals surface area contributed by atoms with Crippen molar-refractivity contribution in [1.29, 1.82) is 0 Å². The van der Waals surface area contributed by atoms with Crippen LogP contribution in [0.5, 0.6) is 0 Å². The molecular weight excluding hydrogens is 360 g/mol. The summed E-state index contributed by atoms with van der Waals surface area (Å²) < 4.78 is 25.6. The first-order chi connectivity index (χ1) is 12.6. The summed E-state index contributed by atoms with van der Waals surface area (Å²) >= 11 is 0. The van der Waals surface area contributed by atoms with Crippen molar-refractivity contribution in [2.24, 2.45) is 0 Å². The maximum Gasteiger partial charge on any atom is 0.232 e. The number of anilines is 2. The summed E-state index contributed by atoms with van der Waals surface area (Å²) in [6.45, 7) is 8.10. The molecule has 0 spiro atoms. The van der Waals surface area contributed by atoms with Gasteiger partial charge in [0, 0.05) is 17.8 Å². The molecular formula is C21H28N2O3S. The molecule has 0 aromatic heterocycles. The van der Waals surface area contributed by atoms with E-state index in [1.165, 1.54) is 5.56 Å². The van der Waals surface area contributed by atoms with Crippen LogP contribution in [0.2, 0.25) is 0 Å². The number of nitrogens with one attached hydrogen (secondary N) is 2. The van der Waals surface area contributed by atoms with Crippen molar-refractivity contribution in [3.05, 3.63) is 59.7 Å². The van der Waals surface area contributed by atoms with Gasteiger partial charge in [0.2, 0.25) is 15.9 Å². The fraction of sp³-hybridized carbons (Fsp3) is 0.381. The number of benzene rings is 2. The lowest BCUT2D eigenvalue weighted by molar-refractivity contribution is -0.116. The summed E-state index contributed by atoms with van der Waals surface area (Å²) in [4.78, 5) is 12.1. The number of sulfonamides is 1. The zero-order valence-corrected chi connectivity index (χ0v) is 17.2. The number of carbonyl (C=O) groups excluding carboxylic acids is 1. The molecule has 1 amide bonds. The normalized spacial score (nSPS) is 11.9. The molecule has 146 valence electrons. The first-order valence-electron chi connectivity index (χ1n) is 9.09. The molecule has 0 saturated heterocycles.